The maximum Gasteiger partial charge on any atom is 0.258 e. The van der Waals surface area contributed by atoms with Gasteiger partial charge in [-0.05, 0) is 34.1 Å². The number of carbonyl (C=O) groups excluding carboxylic acids is 1. The second-order valence-electron chi connectivity index (χ2n) is 4.04. The van der Waals surface area contributed by atoms with Gasteiger partial charge in [-0.1, -0.05) is 5.16 Å². The van der Waals surface area contributed by atoms with Crippen LogP contribution < -0.4 is 11.1 Å². The number of rotatable bonds is 3. The second kappa shape index (κ2) is 5.74. The van der Waals surface area contributed by atoms with E-state index in [2.05, 4.69) is 31.5 Å². The average molecular weight is 338 g/mol. The Labute approximate surface area is 123 Å². The number of oxime groups is 1. The monoisotopic (exact) mass is 337 g/mol. The lowest BCUT2D eigenvalue weighted by molar-refractivity contribution is 0.102. The van der Waals surface area contributed by atoms with Gasteiger partial charge in [0.05, 0.1) is 17.4 Å². The van der Waals surface area contributed by atoms with Crippen molar-refractivity contribution in [3.05, 3.63) is 46.2 Å². The normalized spacial score (nSPS) is 11.4. The first kappa shape index (κ1) is 14.1. The van der Waals surface area contributed by atoms with Crippen LogP contribution in [0.5, 0.6) is 0 Å². The third-order valence-electron chi connectivity index (χ3n) is 2.59. The van der Waals surface area contributed by atoms with Gasteiger partial charge >= 0.3 is 0 Å². The van der Waals surface area contributed by atoms with Gasteiger partial charge in [0.15, 0.2) is 5.84 Å². The smallest absolute Gasteiger partial charge is 0.258 e. The molecular weight excluding hydrogens is 326 g/mol. The molecule has 0 radical (unpaired) electrons. The Morgan fingerprint density at radius 2 is 2.25 bits per heavy atom. The van der Waals surface area contributed by atoms with Gasteiger partial charge in [-0.2, -0.15) is 5.10 Å². The Bertz CT molecular complexity index is 680. The number of halogens is 1. The van der Waals surface area contributed by atoms with E-state index >= 15 is 0 Å². The SMILES string of the molecule is Cn1cc(C(=O)Nc2ccc(/C(N)=N/O)cc2Br)cn1. The molecule has 1 aromatic heterocycles. The van der Waals surface area contributed by atoms with Crippen molar-refractivity contribution in [1.29, 1.82) is 0 Å². The zero-order chi connectivity index (χ0) is 14.7. The van der Waals surface area contributed by atoms with Gasteiger partial charge < -0.3 is 16.3 Å². The fraction of sp³-hybridized carbons (Fsp3) is 0.0833. The van der Waals surface area contributed by atoms with Gasteiger partial charge in [-0.25, -0.2) is 0 Å². The minimum Gasteiger partial charge on any atom is -0.409 e. The molecule has 0 fully saturated rings. The lowest BCUT2D eigenvalue weighted by Crippen LogP contribution is -2.14. The van der Waals surface area contributed by atoms with Crippen molar-refractivity contribution < 1.29 is 10.0 Å². The van der Waals surface area contributed by atoms with Gasteiger partial charge in [0.25, 0.3) is 5.91 Å². The van der Waals surface area contributed by atoms with Gasteiger partial charge in [-0.3, -0.25) is 9.48 Å². The summed E-state index contributed by atoms with van der Waals surface area (Å²) in [7, 11) is 1.73. The van der Waals surface area contributed by atoms with Crippen molar-refractivity contribution in [3.8, 4) is 0 Å². The summed E-state index contributed by atoms with van der Waals surface area (Å²) in [6, 6.07) is 4.94. The molecule has 20 heavy (non-hydrogen) atoms. The Morgan fingerprint density at radius 3 is 2.80 bits per heavy atom. The van der Waals surface area contributed by atoms with E-state index in [4.69, 9.17) is 10.9 Å². The molecule has 1 heterocycles. The van der Waals surface area contributed by atoms with E-state index in [-0.39, 0.29) is 11.7 Å². The number of anilines is 1. The molecule has 0 atom stereocenters. The summed E-state index contributed by atoms with van der Waals surface area (Å²) in [5.74, 6) is -0.272. The molecule has 104 valence electrons. The molecule has 7 nitrogen and oxygen atoms in total. The van der Waals surface area contributed by atoms with E-state index in [1.54, 1.807) is 36.1 Å². The largest absolute Gasteiger partial charge is 0.409 e. The predicted octanol–water partition coefficient (Wildman–Crippen LogP) is 1.53. The van der Waals surface area contributed by atoms with E-state index in [0.717, 1.165) is 0 Å². The van der Waals surface area contributed by atoms with Crippen LogP contribution in [0.2, 0.25) is 0 Å². The lowest BCUT2D eigenvalue weighted by Gasteiger charge is -2.08. The molecule has 1 aromatic carbocycles. The molecule has 0 unspecified atom stereocenters. The number of amidine groups is 1. The first-order valence-electron chi connectivity index (χ1n) is 5.58. The molecule has 0 aliphatic rings. The summed E-state index contributed by atoms with van der Waals surface area (Å²) in [6.45, 7) is 0. The first-order chi connectivity index (χ1) is 9.51. The fourth-order valence-electron chi connectivity index (χ4n) is 1.57. The van der Waals surface area contributed by atoms with E-state index in [1.807, 2.05) is 0 Å². The lowest BCUT2D eigenvalue weighted by atomic mass is 10.2. The highest BCUT2D eigenvalue weighted by molar-refractivity contribution is 9.10. The summed E-state index contributed by atoms with van der Waals surface area (Å²) >= 11 is 3.32. The molecule has 4 N–H and O–H groups in total. The Kier molecular flexibility index (Phi) is 4.04. The van der Waals surface area contributed by atoms with Crippen LogP contribution in [0.3, 0.4) is 0 Å². The maximum absolute atomic E-state index is 12.0. The van der Waals surface area contributed by atoms with Gasteiger partial charge in [0, 0.05) is 23.3 Å². The molecule has 2 rings (SSSR count). The molecule has 0 saturated carbocycles. The van der Waals surface area contributed by atoms with Crippen LogP contribution in [0, 0.1) is 0 Å². The number of amides is 1. The van der Waals surface area contributed by atoms with Crippen LogP contribution in [-0.4, -0.2) is 26.7 Å². The van der Waals surface area contributed by atoms with Crippen LogP contribution >= 0.6 is 15.9 Å². The number of nitrogens with one attached hydrogen (secondary N) is 1. The van der Waals surface area contributed by atoms with Crippen LogP contribution in [0.1, 0.15) is 15.9 Å². The molecule has 1 amide bonds. The number of benzene rings is 1. The standard InChI is InChI=1S/C12H12BrN5O2/c1-18-6-8(5-15-18)12(19)16-10-3-2-7(4-9(10)13)11(14)17-20/h2-6,20H,1H3,(H2,14,17)(H,16,19). The minimum atomic E-state index is -0.268. The summed E-state index contributed by atoms with van der Waals surface area (Å²) in [4.78, 5) is 12.0. The Morgan fingerprint density at radius 1 is 1.50 bits per heavy atom. The number of aromatic nitrogens is 2. The number of aryl methyl sites for hydroxylation is 1. The molecular formula is C12H12BrN5O2. The summed E-state index contributed by atoms with van der Waals surface area (Å²) in [6.07, 6.45) is 3.10. The maximum atomic E-state index is 12.0. The highest BCUT2D eigenvalue weighted by Crippen LogP contribution is 2.24. The topological polar surface area (TPSA) is 106 Å². The van der Waals surface area contributed by atoms with Crippen molar-refractivity contribution >= 4 is 33.4 Å². The highest BCUT2D eigenvalue weighted by atomic mass is 79.9. The van der Waals surface area contributed by atoms with Gasteiger partial charge in [0.1, 0.15) is 0 Å². The summed E-state index contributed by atoms with van der Waals surface area (Å²) in [5, 5.41) is 18.2. The van der Waals surface area contributed by atoms with Crippen molar-refractivity contribution in [3.63, 3.8) is 0 Å². The zero-order valence-corrected chi connectivity index (χ0v) is 12.1. The molecule has 0 spiro atoms. The Hall–Kier alpha value is -2.35. The molecule has 8 heteroatoms. The van der Waals surface area contributed by atoms with Crippen molar-refractivity contribution in [2.45, 2.75) is 0 Å². The molecule has 0 saturated heterocycles. The van der Waals surface area contributed by atoms with Crippen molar-refractivity contribution in [1.82, 2.24) is 9.78 Å². The van der Waals surface area contributed by atoms with E-state index in [0.29, 0.717) is 21.3 Å². The van der Waals surface area contributed by atoms with E-state index in [9.17, 15) is 4.79 Å². The van der Waals surface area contributed by atoms with E-state index in [1.165, 1.54) is 6.20 Å². The quantitative estimate of drug-likeness (QED) is 0.341. The number of nitrogens with zero attached hydrogens (tertiary/aromatic N) is 3. The highest BCUT2D eigenvalue weighted by Gasteiger charge is 2.11. The third kappa shape index (κ3) is 2.97. The van der Waals surface area contributed by atoms with Gasteiger partial charge in [0.2, 0.25) is 0 Å². The molecule has 0 aliphatic carbocycles. The number of carbonyl (C=O) groups is 1. The predicted molar refractivity (Wildman–Crippen MR) is 77.8 cm³/mol. The second-order valence-corrected chi connectivity index (χ2v) is 4.89. The molecule has 0 aliphatic heterocycles. The number of nitrogens with two attached hydrogens (primary N) is 1. The van der Waals surface area contributed by atoms with E-state index < -0.39 is 0 Å². The Balaban J connectivity index is 2.20. The van der Waals surface area contributed by atoms with Crippen LogP contribution in [0.15, 0.2) is 40.2 Å². The molecule has 2 aromatic rings. The molecule has 0 bridgehead atoms. The zero-order valence-electron chi connectivity index (χ0n) is 10.5. The third-order valence-corrected chi connectivity index (χ3v) is 3.24. The minimum absolute atomic E-state index is 0.00386. The van der Waals surface area contributed by atoms with Crippen LogP contribution in [0.25, 0.3) is 0 Å². The summed E-state index contributed by atoms with van der Waals surface area (Å²) < 4.78 is 2.17. The first-order valence-corrected chi connectivity index (χ1v) is 6.38. The van der Waals surface area contributed by atoms with Crippen LogP contribution in [-0.2, 0) is 7.05 Å². The van der Waals surface area contributed by atoms with Gasteiger partial charge in [-0.15, -0.1) is 0 Å². The van der Waals surface area contributed by atoms with Crippen LogP contribution in [0.4, 0.5) is 5.69 Å². The van der Waals surface area contributed by atoms with Crippen molar-refractivity contribution in [2.75, 3.05) is 5.32 Å². The van der Waals surface area contributed by atoms with Crippen molar-refractivity contribution in [2.24, 2.45) is 17.9 Å². The number of hydrogen-bond donors (Lipinski definition) is 3. The average Bonchev–Trinajstić information content (AvgIpc) is 2.86. The summed E-state index contributed by atoms with van der Waals surface area (Å²) in [5.41, 5.74) is 7.07. The number of hydrogen-bond acceptors (Lipinski definition) is 4. The fourth-order valence-corrected chi connectivity index (χ4v) is 2.04.